The molecule has 1 fully saturated rings. The summed E-state index contributed by atoms with van der Waals surface area (Å²) in [4.78, 5) is 31.6. The van der Waals surface area contributed by atoms with Crippen molar-refractivity contribution in [2.24, 2.45) is 5.41 Å². The molecule has 1 aromatic carbocycles. The van der Waals surface area contributed by atoms with Gasteiger partial charge in [0, 0.05) is 17.7 Å². The van der Waals surface area contributed by atoms with Crippen molar-refractivity contribution in [2.75, 3.05) is 13.2 Å². The monoisotopic (exact) mass is 393 g/mol. The van der Waals surface area contributed by atoms with Crippen LogP contribution in [-0.2, 0) is 4.79 Å². The van der Waals surface area contributed by atoms with Crippen LogP contribution in [0.25, 0.3) is 21.5 Å². The van der Waals surface area contributed by atoms with E-state index in [9.17, 15) is 19.8 Å². The van der Waals surface area contributed by atoms with Gasteiger partial charge in [-0.3, -0.25) is 4.79 Å². The lowest BCUT2D eigenvalue weighted by Crippen LogP contribution is -2.33. The van der Waals surface area contributed by atoms with Crippen LogP contribution in [0.3, 0.4) is 0 Å². The second kappa shape index (κ2) is 7.03. The topological polar surface area (TPSA) is 112 Å². The average Bonchev–Trinajstić information content (AvgIpc) is 3.32. The number of nitrogens with zero attached hydrogens (tertiary/aromatic N) is 2. The lowest BCUT2D eigenvalue weighted by atomic mass is 9.88. The Morgan fingerprint density at radius 2 is 2.18 bits per heavy atom. The lowest BCUT2D eigenvalue weighted by molar-refractivity contribution is -0.126. The van der Waals surface area contributed by atoms with E-state index in [0.717, 1.165) is 4.70 Å². The maximum absolute atomic E-state index is 12.0. The van der Waals surface area contributed by atoms with Crippen molar-refractivity contribution in [2.45, 2.75) is 6.42 Å². The molecule has 8 heteroatoms. The highest BCUT2D eigenvalue weighted by molar-refractivity contribution is 7.17. The SMILES string of the molecule is O=C(O)c1nc(-c2cccc(C#C[C@@]3(CO)CCNC3=O)c2)c2sccc2n1. The molecule has 3 N–H and O–H groups in total. The van der Waals surface area contributed by atoms with Gasteiger partial charge in [-0.25, -0.2) is 14.8 Å². The van der Waals surface area contributed by atoms with Crippen molar-refractivity contribution in [1.29, 1.82) is 0 Å². The first-order valence-electron chi connectivity index (χ1n) is 8.54. The van der Waals surface area contributed by atoms with Crippen molar-refractivity contribution in [3.05, 3.63) is 47.1 Å². The first-order chi connectivity index (χ1) is 13.5. The molecule has 0 bridgehead atoms. The Bertz CT molecular complexity index is 1160. The Morgan fingerprint density at radius 1 is 1.32 bits per heavy atom. The van der Waals surface area contributed by atoms with Gasteiger partial charge < -0.3 is 15.5 Å². The highest BCUT2D eigenvalue weighted by atomic mass is 32.1. The van der Waals surface area contributed by atoms with E-state index in [0.29, 0.717) is 35.3 Å². The number of rotatable bonds is 3. The number of aliphatic hydroxyl groups is 1. The normalized spacial score (nSPS) is 18.5. The number of amides is 1. The minimum atomic E-state index is -1.19. The average molecular weight is 393 g/mol. The van der Waals surface area contributed by atoms with E-state index in [2.05, 4.69) is 27.1 Å². The van der Waals surface area contributed by atoms with Crippen LogP contribution in [0.15, 0.2) is 35.7 Å². The molecule has 0 radical (unpaired) electrons. The van der Waals surface area contributed by atoms with Crippen LogP contribution in [0, 0.1) is 17.3 Å². The molecule has 0 spiro atoms. The molecule has 0 unspecified atom stereocenters. The van der Waals surface area contributed by atoms with Gasteiger partial charge in [0.2, 0.25) is 11.7 Å². The van der Waals surface area contributed by atoms with Crippen LogP contribution < -0.4 is 5.32 Å². The molecule has 7 nitrogen and oxygen atoms in total. The van der Waals surface area contributed by atoms with Gasteiger partial charge in [-0.1, -0.05) is 24.0 Å². The molecule has 2 aromatic heterocycles. The maximum atomic E-state index is 12.0. The highest BCUT2D eigenvalue weighted by Gasteiger charge is 2.40. The Balaban J connectivity index is 1.78. The van der Waals surface area contributed by atoms with Crippen LogP contribution in [0.1, 0.15) is 22.6 Å². The summed E-state index contributed by atoms with van der Waals surface area (Å²) in [6.07, 6.45) is 0.457. The summed E-state index contributed by atoms with van der Waals surface area (Å²) in [5.41, 5.74) is 1.37. The Kier molecular flexibility index (Phi) is 4.55. The number of fused-ring (bicyclic) bond motifs is 1. The van der Waals surface area contributed by atoms with Gasteiger partial charge in [-0.05, 0) is 30.0 Å². The van der Waals surface area contributed by atoms with Gasteiger partial charge >= 0.3 is 5.97 Å². The van der Waals surface area contributed by atoms with Gasteiger partial charge in [-0.2, -0.15) is 0 Å². The number of benzene rings is 1. The third kappa shape index (κ3) is 3.11. The number of carboxylic acid groups (broad SMARTS) is 1. The molecule has 0 aliphatic carbocycles. The van der Waals surface area contributed by atoms with Gasteiger partial charge in [0.15, 0.2) is 0 Å². The van der Waals surface area contributed by atoms with Crippen LogP contribution >= 0.6 is 11.3 Å². The van der Waals surface area contributed by atoms with Gasteiger partial charge in [-0.15, -0.1) is 11.3 Å². The van der Waals surface area contributed by atoms with E-state index in [4.69, 9.17) is 0 Å². The smallest absolute Gasteiger partial charge is 0.373 e. The molecule has 1 aliphatic rings. The molecule has 1 aliphatic heterocycles. The lowest BCUT2D eigenvalue weighted by Gasteiger charge is -2.15. The number of carbonyl (C=O) groups excluding carboxylic acids is 1. The van der Waals surface area contributed by atoms with E-state index in [1.54, 1.807) is 24.3 Å². The summed E-state index contributed by atoms with van der Waals surface area (Å²) in [7, 11) is 0. The summed E-state index contributed by atoms with van der Waals surface area (Å²) < 4.78 is 0.789. The molecule has 4 rings (SSSR count). The zero-order chi connectivity index (χ0) is 19.7. The molecule has 3 aromatic rings. The third-order valence-electron chi connectivity index (χ3n) is 4.62. The van der Waals surface area contributed by atoms with E-state index in [1.165, 1.54) is 11.3 Å². The molecule has 140 valence electrons. The van der Waals surface area contributed by atoms with Crippen LogP contribution in [0.2, 0.25) is 0 Å². The van der Waals surface area contributed by atoms with Crippen LogP contribution in [0.5, 0.6) is 0 Å². The number of aromatic carboxylic acids is 1. The number of hydrogen-bond donors (Lipinski definition) is 3. The molecular weight excluding hydrogens is 378 g/mol. The standard InChI is InChI=1S/C20H15N3O4S/c24-11-20(7-8-21-19(20)27)6-4-12-2-1-3-13(10-12)15-16-14(5-9-28-16)22-17(23-15)18(25)26/h1-3,5,9-10,24H,7-8,11H2,(H,21,27)(H,25,26)/t20-/m0/s1. The molecule has 1 amide bonds. The fraction of sp³-hybridized carbons (Fsp3) is 0.200. The van der Waals surface area contributed by atoms with Gasteiger partial charge in [0.25, 0.3) is 0 Å². The Labute approximate surface area is 164 Å². The number of thiophene rings is 1. The highest BCUT2D eigenvalue weighted by Crippen LogP contribution is 2.31. The van der Waals surface area contributed by atoms with Crippen molar-refractivity contribution in [3.8, 4) is 23.1 Å². The summed E-state index contributed by atoms with van der Waals surface area (Å²) in [6, 6.07) is 8.95. The van der Waals surface area contributed by atoms with Crippen molar-refractivity contribution >= 4 is 33.4 Å². The molecule has 1 saturated heterocycles. The van der Waals surface area contributed by atoms with Crippen LogP contribution in [0.4, 0.5) is 0 Å². The first-order valence-corrected chi connectivity index (χ1v) is 9.42. The minimum Gasteiger partial charge on any atom is -0.475 e. The summed E-state index contributed by atoms with van der Waals surface area (Å²) in [5, 5.41) is 23.5. The number of nitrogens with one attached hydrogen (secondary N) is 1. The van der Waals surface area contributed by atoms with Crippen molar-refractivity contribution in [1.82, 2.24) is 15.3 Å². The predicted octanol–water partition coefficient (Wildman–Crippen LogP) is 1.91. The van der Waals surface area contributed by atoms with Gasteiger partial charge in [0.1, 0.15) is 5.41 Å². The van der Waals surface area contributed by atoms with E-state index in [-0.39, 0.29) is 18.3 Å². The number of hydrogen-bond acceptors (Lipinski definition) is 6. The molecule has 1 atom stereocenters. The van der Waals surface area contributed by atoms with Gasteiger partial charge in [0.05, 0.1) is 22.5 Å². The first kappa shape index (κ1) is 18.1. The zero-order valence-electron chi connectivity index (χ0n) is 14.6. The van der Waals surface area contributed by atoms with E-state index < -0.39 is 11.4 Å². The maximum Gasteiger partial charge on any atom is 0.373 e. The second-order valence-electron chi connectivity index (χ2n) is 6.41. The quantitative estimate of drug-likeness (QED) is 0.586. The van der Waals surface area contributed by atoms with E-state index in [1.807, 2.05) is 11.4 Å². The van der Waals surface area contributed by atoms with Crippen LogP contribution in [-0.4, -0.2) is 45.2 Å². The molecule has 3 heterocycles. The fourth-order valence-electron chi connectivity index (χ4n) is 3.07. The second-order valence-corrected chi connectivity index (χ2v) is 7.33. The summed E-state index contributed by atoms with van der Waals surface area (Å²) in [5.74, 6) is 4.17. The van der Waals surface area contributed by atoms with E-state index >= 15 is 0 Å². The fourth-order valence-corrected chi connectivity index (χ4v) is 3.92. The molecular formula is C20H15N3O4S. The number of carbonyl (C=O) groups is 2. The predicted molar refractivity (Wildman–Crippen MR) is 104 cm³/mol. The molecule has 0 saturated carbocycles. The third-order valence-corrected chi connectivity index (χ3v) is 5.53. The molecule has 28 heavy (non-hydrogen) atoms. The minimum absolute atomic E-state index is 0.263. The largest absolute Gasteiger partial charge is 0.475 e. The number of carboxylic acids is 1. The Morgan fingerprint density at radius 3 is 2.89 bits per heavy atom. The number of aromatic nitrogens is 2. The summed E-state index contributed by atoms with van der Waals surface area (Å²) in [6.45, 7) is 0.151. The van der Waals surface area contributed by atoms with Crippen molar-refractivity contribution in [3.63, 3.8) is 0 Å². The van der Waals surface area contributed by atoms with Crippen molar-refractivity contribution < 1.29 is 19.8 Å². The zero-order valence-corrected chi connectivity index (χ0v) is 15.4. The number of aliphatic hydroxyl groups excluding tert-OH is 1. The summed E-state index contributed by atoms with van der Waals surface area (Å²) >= 11 is 1.43. The Hall–Kier alpha value is -3.28.